The number of halogens is 2. The van der Waals surface area contributed by atoms with E-state index < -0.39 is 5.92 Å². The molecule has 3 nitrogen and oxygen atoms in total. The van der Waals surface area contributed by atoms with Gasteiger partial charge in [-0.15, -0.1) is 0 Å². The highest BCUT2D eigenvalue weighted by atomic mass is 19.3. The van der Waals surface area contributed by atoms with Gasteiger partial charge in [0.1, 0.15) is 5.75 Å². The van der Waals surface area contributed by atoms with Crippen LogP contribution < -0.4 is 5.73 Å². The molecule has 0 saturated carbocycles. The van der Waals surface area contributed by atoms with E-state index in [9.17, 15) is 13.9 Å². The summed E-state index contributed by atoms with van der Waals surface area (Å²) in [6, 6.07) is 3.71. The molecular weight excluding hydrogens is 274 g/mol. The molecule has 21 heavy (non-hydrogen) atoms. The Morgan fingerprint density at radius 3 is 2.52 bits per heavy atom. The van der Waals surface area contributed by atoms with Crippen LogP contribution in [0.25, 0.3) is 5.70 Å². The molecule has 1 aromatic carbocycles. The van der Waals surface area contributed by atoms with Gasteiger partial charge in [0.2, 0.25) is 0 Å². The fourth-order valence-corrected chi connectivity index (χ4v) is 1.88. The minimum Gasteiger partial charge on any atom is -0.507 e. The van der Waals surface area contributed by atoms with Crippen molar-refractivity contribution in [3.63, 3.8) is 0 Å². The molecule has 5 heteroatoms. The summed E-state index contributed by atoms with van der Waals surface area (Å²) < 4.78 is 26.5. The molecule has 0 bridgehead atoms. The molecule has 0 fully saturated rings. The minimum atomic E-state index is -3.01. The minimum absolute atomic E-state index is 0.256. The average Bonchev–Trinajstić information content (AvgIpc) is 2.39. The number of hydrogen-bond acceptors (Lipinski definition) is 3. The topological polar surface area (TPSA) is 58.6 Å². The van der Waals surface area contributed by atoms with Crippen LogP contribution in [-0.2, 0) is 5.92 Å². The fourth-order valence-electron chi connectivity index (χ4n) is 1.88. The van der Waals surface area contributed by atoms with Crippen molar-refractivity contribution in [3.8, 4) is 5.75 Å². The molecule has 0 aliphatic heterocycles. The smallest absolute Gasteiger partial charge is 0.270 e. The number of allylic oxidation sites excluding steroid dienone is 3. The second-order valence-electron chi connectivity index (χ2n) is 4.88. The van der Waals surface area contributed by atoms with E-state index in [1.54, 1.807) is 13.0 Å². The molecule has 114 valence electrons. The molecule has 0 aromatic heterocycles. The first-order chi connectivity index (χ1) is 9.70. The van der Waals surface area contributed by atoms with Crippen LogP contribution >= 0.6 is 0 Å². The fraction of sp³-hybridized carbons (Fsp3) is 0.312. The van der Waals surface area contributed by atoms with Crippen LogP contribution in [-0.4, -0.2) is 11.8 Å². The Hall–Kier alpha value is -2.17. The Kier molecular flexibility index (Phi) is 5.24. The maximum Gasteiger partial charge on any atom is 0.270 e. The lowest BCUT2D eigenvalue weighted by atomic mass is 10.0. The molecule has 0 heterocycles. The molecule has 3 N–H and O–H groups in total. The number of hydrogen-bond donors (Lipinski definition) is 2. The zero-order chi connectivity index (χ0) is 16.2. The van der Waals surface area contributed by atoms with Gasteiger partial charge in [0, 0.05) is 23.7 Å². The first-order valence-corrected chi connectivity index (χ1v) is 6.56. The second-order valence-corrected chi connectivity index (χ2v) is 4.88. The van der Waals surface area contributed by atoms with E-state index in [-0.39, 0.29) is 11.3 Å². The maximum absolute atomic E-state index is 13.2. The van der Waals surface area contributed by atoms with Crippen LogP contribution in [0, 0.1) is 0 Å². The van der Waals surface area contributed by atoms with Crippen molar-refractivity contribution in [2.75, 3.05) is 0 Å². The van der Waals surface area contributed by atoms with Gasteiger partial charge < -0.3 is 10.8 Å². The van der Waals surface area contributed by atoms with Crippen LogP contribution in [0.3, 0.4) is 0 Å². The number of nitrogens with zero attached hydrogens (tertiary/aromatic N) is 1. The van der Waals surface area contributed by atoms with E-state index in [2.05, 4.69) is 11.7 Å². The van der Waals surface area contributed by atoms with E-state index in [1.807, 2.05) is 6.92 Å². The van der Waals surface area contributed by atoms with E-state index in [1.165, 1.54) is 12.1 Å². The van der Waals surface area contributed by atoms with Crippen molar-refractivity contribution in [1.29, 1.82) is 0 Å². The number of phenolic OH excluding ortho intramolecular Hbond substituents is 1. The van der Waals surface area contributed by atoms with Crippen molar-refractivity contribution in [2.45, 2.75) is 33.1 Å². The number of alkyl halides is 2. The third kappa shape index (κ3) is 4.15. The summed E-state index contributed by atoms with van der Waals surface area (Å²) in [4.78, 5) is 3.88. The molecule has 1 rings (SSSR count). The van der Waals surface area contributed by atoms with Crippen LogP contribution in [0.1, 0.15) is 38.3 Å². The second kappa shape index (κ2) is 6.52. The first-order valence-electron chi connectivity index (χ1n) is 6.56. The van der Waals surface area contributed by atoms with Crippen LogP contribution in [0.5, 0.6) is 5.75 Å². The summed E-state index contributed by atoms with van der Waals surface area (Å²) in [6.07, 6.45) is 2.40. The van der Waals surface area contributed by atoms with Gasteiger partial charge in [-0.3, -0.25) is 4.99 Å². The standard InChI is InChI=1S/C16H20F2N2O/c1-5-12(19)8-10(2)15(20-4)13-7-6-11(9-14(13)21)16(3,17)18/h6-9,21H,4-5,19H2,1-3H3/b12-8+,15-10-. The van der Waals surface area contributed by atoms with E-state index in [4.69, 9.17) is 5.73 Å². The monoisotopic (exact) mass is 294 g/mol. The van der Waals surface area contributed by atoms with Crippen molar-refractivity contribution in [3.05, 3.63) is 46.7 Å². The van der Waals surface area contributed by atoms with Gasteiger partial charge in [-0.25, -0.2) is 8.78 Å². The molecular formula is C16H20F2N2O. The Morgan fingerprint density at radius 1 is 1.48 bits per heavy atom. The Labute approximate surface area is 123 Å². The highest BCUT2D eigenvalue weighted by Gasteiger charge is 2.25. The third-order valence-corrected chi connectivity index (χ3v) is 3.10. The highest BCUT2D eigenvalue weighted by Crippen LogP contribution is 2.35. The Morgan fingerprint density at radius 2 is 2.10 bits per heavy atom. The van der Waals surface area contributed by atoms with E-state index in [0.29, 0.717) is 29.0 Å². The maximum atomic E-state index is 13.2. The van der Waals surface area contributed by atoms with Crippen LogP contribution in [0.4, 0.5) is 8.78 Å². The summed E-state index contributed by atoms with van der Waals surface area (Å²) in [6.45, 7) is 7.93. The molecule has 0 atom stereocenters. The number of rotatable bonds is 5. The van der Waals surface area contributed by atoms with Gasteiger partial charge >= 0.3 is 0 Å². The quantitative estimate of drug-likeness (QED) is 0.632. The summed E-state index contributed by atoms with van der Waals surface area (Å²) in [5.74, 6) is -3.28. The third-order valence-electron chi connectivity index (χ3n) is 3.10. The molecule has 0 spiro atoms. The molecule has 0 amide bonds. The normalized spacial score (nSPS) is 13.9. The van der Waals surface area contributed by atoms with Gasteiger partial charge in [-0.1, -0.05) is 13.0 Å². The molecule has 0 aliphatic carbocycles. The SMILES string of the molecule is C=N/C(=C(C)\C=C(\N)CC)c1ccc(C(C)(F)F)cc1O. The zero-order valence-electron chi connectivity index (χ0n) is 12.5. The number of aliphatic imine (C=N–C) groups is 1. The highest BCUT2D eigenvalue weighted by molar-refractivity contribution is 5.76. The number of benzene rings is 1. The molecule has 0 aliphatic rings. The molecule has 0 unspecified atom stereocenters. The number of aromatic hydroxyl groups is 1. The van der Waals surface area contributed by atoms with Crippen molar-refractivity contribution in [1.82, 2.24) is 0 Å². The van der Waals surface area contributed by atoms with Gasteiger partial charge in [0.05, 0.1) is 5.70 Å². The average molecular weight is 294 g/mol. The Bertz CT molecular complexity index is 599. The molecule has 1 aromatic rings. The lowest BCUT2D eigenvalue weighted by molar-refractivity contribution is 0.0172. The predicted molar refractivity (Wildman–Crippen MR) is 82.4 cm³/mol. The summed E-state index contributed by atoms with van der Waals surface area (Å²) >= 11 is 0. The summed E-state index contributed by atoms with van der Waals surface area (Å²) in [5.41, 5.74) is 7.63. The molecule has 0 saturated heterocycles. The molecule has 0 radical (unpaired) electrons. The summed E-state index contributed by atoms with van der Waals surface area (Å²) in [7, 11) is 0. The van der Waals surface area contributed by atoms with Gasteiger partial charge in [-0.05, 0) is 43.8 Å². The van der Waals surface area contributed by atoms with Gasteiger partial charge in [0.15, 0.2) is 0 Å². The van der Waals surface area contributed by atoms with Crippen molar-refractivity contribution < 1.29 is 13.9 Å². The van der Waals surface area contributed by atoms with Crippen LogP contribution in [0.15, 0.2) is 40.5 Å². The summed E-state index contributed by atoms with van der Waals surface area (Å²) in [5, 5.41) is 9.99. The predicted octanol–water partition coefficient (Wildman–Crippen LogP) is 4.19. The largest absolute Gasteiger partial charge is 0.507 e. The zero-order valence-corrected chi connectivity index (χ0v) is 12.5. The van der Waals surface area contributed by atoms with Crippen molar-refractivity contribution >= 4 is 12.4 Å². The van der Waals surface area contributed by atoms with Crippen LogP contribution in [0.2, 0.25) is 0 Å². The lowest BCUT2D eigenvalue weighted by Gasteiger charge is -2.14. The number of phenols is 1. The van der Waals surface area contributed by atoms with Crippen molar-refractivity contribution in [2.24, 2.45) is 10.7 Å². The van der Waals surface area contributed by atoms with E-state index >= 15 is 0 Å². The van der Waals surface area contributed by atoms with Gasteiger partial charge in [-0.2, -0.15) is 0 Å². The van der Waals surface area contributed by atoms with E-state index in [0.717, 1.165) is 13.0 Å². The number of nitrogens with two attached hydrogens (primary N) is 1. The lowest BCUT2D eigenvalue weighted by Crippen LogP contribution is -2.06. The Balaban J connectivity index is 3.37. The van der Waals surface area contributed by atoms with Gasteiger partial charge in [0.25, 0.3) is 5.92 Å². The first kappa shape index (κ1) is 16.9.